The molecule has 1 heterocycles. The van der Waals surface area contributed by atoms with Crippen molar-refractivity contribution in [2.45, 2.75) is 20.0 Å². The summed E-state index contributed by atoms with van der Waals surface area (Å²) in [7, 11) is 0. The molecule has 0 radical (unpaired) electrons. The van der Waals surface area contributed by atoms with Crippen LogP contribution in [-0.4, -0.2) is 33.5 Å². The van der Waals surface area contributed by atoms with E-state index in [9.17, 15) is 15.0 Å². The topological polar surface area (TPSA) is 132 Å². The minimum Gasteiger partial charge on any atom is -0.506 e. The molecular weight excluding hydrogens is 308 g/mol. The lowest BCUT2D eigenvalue weighted by molar-refractivity contribution is 0.0954. The summed E-state index contributed by atoms with van der Waals surface area (Å²) < 4.78 is 0. The Morgan fingerprint density at radius 2 is 2.08 bits per heavy atom. The number of aromatic hydroxyl groups is 1. The highest BCUT2D eigenvalue weighted by molar-refractivity contribution is 6.00. The smallest absolute Gasteiger partial charge is 0.251 e. The van der Waals surface area contributed by atoms with Gasteiger partial charge in [0.05, 0.1) is 12.3 Å². The van der Waals surface area contributed by atoms with Gasteiger partial charge in [0.1, 0.15) is 11.6 Å². The second kappa shape index (κ2) is 7.56. The van der Waals surface area contributed by atoms with Gasteiger partial charge in [-0.1, -0.05) is 12.1 Å². The fraction of sp³-hybridized carbons (Fsp3) is 0.235. The third kappa shape index (κ3) is 3.88. The molecule has 1 aromatic heterocycles. The van der Waals surface area contributed by atoms with Crippen LogP contribution in [0.2, 0.25) is 0 Å². The number of nitrogens with two attached hydrogens (primary N) is 1. The number of nitrogen functional groups attached to an aromatic ring is 1. The Hall–Kier alpha value is -2.93. The number of hydrogen-bond donors (Lipinski definition) is 5. The monoisotopic (exact) mass is 328 g/mol. The van der Waals surface area contributed by atoms with Gasteiger partial charge < -0.3 is 21.3 Å². The van der Waals surface area contributed by atoms with Gasteiger partial charge in [-0.3, -0.25) is 15.2 Å². The van der Waals surface area contributed by atoms with Crippen molar-refractivity contribution in [1.29, 1.82) is 5.41 Å². The SMILES string of the molecule is Cc1ncc(CCNC(=O)c2cccc(C(=N)N)c2)c(CO)c1O. The molecule has 0 spiro atoms. The van der Waals surface area contributed by atoms with Gasteiger partial charge >= 0.3 is 0 Å². The highest BCUT2D eigenvalue weighted by Crippen LogP contribution is 2.23. The van der Waals surface area contributed by atoms with E-state index in [2.05, 4.69) is 10.3 Å². The predicted octanol–water partition coefficient (Wildman–Crippen LogP) is 0.844. The highest BCUT2D eigenvalue weighted by Gasteiger charge is 2.12. The number of benzene rings is 1. The quantitative estimate of drug-likeness (QED) is 0.396. The Labute approximate surface area is 139 Å². The number of amidine groups is 1. The Balaban J connectivity index is 2.02. The van der Waals surface area contributed by atoms with Gasteiger partial charge in [-0.25, -0.2) is 0 Å². The summed E-state index contributed by atoms with van der Waals surface area (Å²) in [5, 5.41) is 29.4. The molecule has 6 N–H and O–H groups in total. The van der Waals surface area contributed by atoms with Crippen molar-refractivity contribution in [3.63, 3.8) is 0 Å². The Morgan fingerprint density at radius 1 is 1.38 bits per heavy atom. The number of rotatable bonds is 6. The molecule has 2 aromatic rings. The predicted molar refractivity (Wildman–Crippen MR) is 90.1 cm³/mol. The average Bonchev–Trinajstić information content (AvgIpc) is 2.58. The normalized spacial score (nSPS) is 10.4. The number of carbonyl (C=O) groups is 1. The lowest BCUT2D eigenvalue weighted by Crippen LogP contribution is -2.26. The first kappa shape index (κ1) is 17.4. The third-order valence-corrected chi connectivity index (χ3v) is 3.70. The fourth-order valence-electron chi connectivity index (χ4n) is 2.32. The van der Waals surface area contributed by atoms with Gasteiger partial charge in [0, 0.05) is 29.4 Å². The van der Waals surface area contributed by atoms with Crippen LogP contribution < -0.4 is 11.1 Å². The highest BCUT2D eigenvalue weighted by atomic mass is 16.3. The molecule has 0 unspecified atom stereocenters. The molecule has 0 saturated carbocycles. The Morgan fingerprint density at radius 3 is 2.75 bits per heavy atom. The van der Waals surface area contributed by atoms with Crippen LogP contribution in [0, 0.1) is 12.3 Å². The zero-order valence-corrected chi connectivity index (χ0v) is 13.3. The van der Waals surface area contributed by atoms with Crippen LogP contribution in [0.1, 0.15) is 32.7 Å². The van der Waals surface area contributed by atoms with Crippen molar-refractivity contribution in [1.82, 2.24) is 10.3 Å². The number of hydrogen-bond acceptors (Lipinski definition) is 5. The molecule has 0 fully saturated rings. The van der Waals surface area contributed by atoms with Gasteiger partial charge in [0.15, 0.2) is 0 Å². The van der Waals surface area contributed by atoms with Crippen LogP contribution in [0.15, 0.2) is 30.5 Å². The second-order valence-corrected chi connectivity index (χ2v) is 5.35. The van der Waals surface area contributed by atoms with Crippen LogP contribution in [0.5, 0.6) is 5.75 Å². The van der Waals surface area contributed by atoms with Gasteiger partial charge in [0.2, 0.25) is 0 Å². The molecule has 0 aliphatic heterocycles. The maximum absolute atomic E-state index is 12.1. The van der Waals surface area contributed by atoms with Crippen LogP contribution in [0.4, 0.5) is 0 Å². The van der Waals surface area contributed by atoms with E-state index in [1.165, 1.54) is 0 Å². The molecule has 24 heavy (non-hydrogen) atoms. The van der Waals surface area contributed by atoms with Crippen molar-refractivity contribution in [2.75, 3.05) is 6.54 Å². The third-order valence-electron chi connectivity index (χ3n) is 3.70. The van der Waals surface area contributed by atoms with Crippen molar-refractivity contribution in [3.05, 3.63) is 58.4 Å². The largest absolute Gasteiger partial charge is 0.506 e. The lowest BCUT2D eigenvalue weighted by Gasteiger charge is -2.11. The number of aliphatic hydroxyl groups is 1. The Bertz CT molecular complexity index is 774. The minimum atomic E-state index is -0.293. The van der Waals surface area contributed by atoms with Crippen LogP contribution in [-0.2, 0) is 13.0 Å². The first-order valence-corrected chi connectivity index (χ1v) is 7.44. The molecule has 0 aliphatic rings. The van der Waals surface area contributed by atoms with E-state index in [0.29, 0.717) is 40.9 Å². The average molecular weight is 328 g/mol. The molecular formula is C17H20N4O3. The standard InChI is InChI=1S/C17H20N4O3/c1-10-15(23)14(9-22)13(8-21-10)5-6-20-17(24)12-4-2-3-11(7-12)16(18)19/h2-4,7-8,22-23H,5-6,9H2,1H3,(H3,18,19)(H,20,24). The molecule has 7 heteroatoms. The summed E-state index contributed by atoms with van der Waals surface area (Å²) >= 11 is 0. The lowest BCUT2D eigenvalue weighted by atomic mass is 10.1. The van der Waals surface area contributed by atoms with Crippen LogP contribution in [0.3, 0.4) is 0 Å². The molecule has 126 valence electrons. The van der Waals surface area contributed by atoms with Gasteiger partial charge in [-0.15, -0.1) is 0 Å². The summed E-state index contributed by atoms with van der Waals surface area (Å²) in [5.41, 5.74) is 7.87. The molecule has 1 amide bonds. The number of aromatic nitrogens is 1. The van der Waals surface area contributed by atoms with Crippen molar-refractivity contribution in [3.8, 4) is 5.75 Å². The van der Waals surface area contributed by atoms with Gasteiger partial charge in [0.25, 0.3) is 5.91 Å². The number of nitrogens with zero attached hydrogens (tertiary/aromatic N) is 1. The molecule has 0 saturated heterocycles. The molecule has 0 atom stereocenters. The number of aliphatic hydroxyl groups excluding tert-OH is 1. The fourth-order valence-corrected chi connectivity index (χ4v) is 2.32. The van der Waals surface area contributed by atoms with Crippen molar-refractivity contribution >= 4 is 11.7 Å². The molecule has 7 nitrogen and oxygen atoms in total. The zero-order valence-electron chi connectivity index (χ0n) is 13.3. The van der Waals surface area contributed by atoms with Crippen LogP contribution >= 0.6 is 0 Å². The number of amides is 1. The van der Waals surface area contributed by atoms with Crippen molar-refractivity contribution in [2.24, 2.45) is 5.73 Å². The zero-order chi connectivity index (χ0) is 17.7. The van der Waals surface area contributed by atoms with E-state index in [1.54, 1.807) is 37.4 Å². The second-order valence-electron chi connectivity index (χ2n) is 5.35. The van der Waals surface area contributed by atoms with Gasteiger partial charge in [-0.05, 0) is 31.0 Å². The molecule has 2 rings (SSSR count). The van der Waals surface area contributed by atoms with E-state index >= 15 is 0 Å². The van der Waals surface area contributed by atoms with E-state index in [-0.39, 0.29) is 24.1 Å². The molecule has 1 aromatic carbocycles. The molecule has 0 bridgehead atoms. The van der Waals surface area contributed by atoms with E-state index in [1.807, 2.05) is 0 Å². The maximum atomic E-state index is 12.1. The first-order valence-electron chi connectivity index (χ1n) is 7.44. The summed E-state index contributed by atoms with van der Waals surface area (Å²) in [5.74, 6) is -0.401. The van der Waals surface area contributed by atoms with E-state index in [0.717, 1.165) is 0 Å². The summed E-state index contributed by atoms with van der Waals surface area (Å²) in [6, 6.07) is 6.51. The molecule has 0 aliphatic carbocycles. The van der Waals surface area contributed by atoms with E-state index < -0.39 is 0 Å². The van der Waals surface area contributed by atoms with Crippen molar-refractivity contribution < 1.29 is 15.0 Å². The van der Waals surface area contributed by atoms with Gasteiger partial charge in [-0.2, -0.15) is 0 Å². The van der Waals surface area contributed by atoms with E-state index in [4.69, 9.17) is 11.1 Å². The number of carbonyl (C=O) groups excluding carboxylic acids is 1. The summed E-state index contributed by atoms with van der Waals surface area (Å²) in [6.07, 6.45) is 2.01. The minimum absolute atomic E-state index is 0.0181. The number of aryl methyl sites for hydroxylation is 1. The first-order chi connectivity index (χ1) is 11.4. The summed E-state index contributed by atoms with van der Waals surface area (Å²) in [6.45, 7) is 1.68. The summed E-state index contributed by atoms with van der Waals surface area (Å²) in [4.78, 5) is 16.2. The number of nitrogens with one attached hydrogen (secondary N) is 2. The Kier molecular flexibility index (Phi) is 5.49. The van der Waals surface area contributed by atoms with Crippen LogP contribution in [0.25, 0.3) is 0 Å². The maximum Gasteiger partial charge on any atom is 0.251 e. The number of pyridine rings is 1.